The lowest BCUT2D eigenvalue weighted by atomic mass is 9.93. The second kappa shape index (κ2) is 10.2. The van der Waals surface area contributed by atoms with E-state index >= 15 is 0 Å². The van der Waals surface area contributed by atoms with Crippen molar-refractivity contribution in [2.45, 2.75) is 46.7 Å². The van der Waals surface area contributed by atoms with Crippen LogP contribution in [0.15, 0.2) is 60.7 Å². The third kappa shape index (κ3) is 5.77. The van der Waals surface area contributed by atoms with E-state index in [1.54, 1.807) is 0 Å². The summed E-state index contributed by atoms with van der Waals surface area (Å²) in [7, 11) is 0. The highest BCUT2D eigenvalue weighted by Crippen LogP contribution is 2.28. The number of amides is 1. The average molecular weight is 402 g/mol. The van der Waals surface area contributed by atoms with Crippen LogP contribution in [-0.2, 0) is 30.7 Å². The molecule has 0 aliphatic heterocycles. The number of benzene rings is 2. The number of hydrogen-bond donors (Lipinski definition) is 2. The van der Waals surface area contributed by atoms with Gasteiger partial charge in [-0.25, -0.2) is 0 Å². The second-order valence-corrected chi connectivity index (χ2v) is 8.16. The SMILES string of the molecule is Cc1nc(CC(C)C)cc(-c2ccc(CN)cc2)c1CC(=O)NCc1ccccc1. The fraction of sp³-hybridized carbons (Fsp3) is 0.308. The number of pyridine rings is 1. The van der Waals surface area contributed by atoms with Crippen LogP contribution in [0.25, 0.3) is 11.1 Å². The first kappa shape index (κ1) is 21.7. The number of nitrogens with zero attached hydrogens (tertiary/aromatic N) is 1. The lowest BCUT2D eigenvalue weighted by molar-refractivity contribution is -0.120. The van der Waals surface area contributed by atoms with E-state index in [9.17, 15) is 4.79 Å². The van der Waals surface area contributed by atoms with Gasteiger partial charge in [0.15, 0.2) is 0 Å². The third-order valence-corrected chi connectivity index (χ3v) is 5.17. The summed E-state index contributed by atoms with van der Waals surface area (Å²) < 4.78 is 0. The van der Waals surface area contributed by atoms with E-state index in [1.807, 2.05) is 49.4 Å². The minimum atomic E-state index is 0.000177. The maximum atomic E-state index is 12.7. The molecule has 0 unspecified atom stereocenters. The van der Waals surface area contributed by atoms with E-state index in [4.69, 9.17) is 10.7 Å². The summed E-state index contributed by atoms with van der Waals surface area (Å²) in [6.07, 6.45) is 1.22. The predicted octanol–water partition coefficient (Wildman–Crippen LogP) is 4.57. The van der Waals surface area contributed by atoms with E-state index in [0.29, 0.717) is 25.4 Å². The van der Waals surface area contributed by atoms with Crippen LogP contribution >= 0.6 is 0 Å². The van der Waals surface area contributed by atoms with Gasteiger partial charge in [-0.2, -0.15) is 0 Å². The average Bonchev–Trinajstić information content (AvgIpc) is 2.74. The van der Waals surface area contributed by atoms with Gasteiger partial charge < -0.3 is 11.1 Å². The summed E-state index contributed by atoms with van der Waals surface area (Å²) in [5.74, 6) is 0.518. The van der Waals surface area contributed by atoms with Crippen LogP contribution in [0.1, 0.15) is 41.9 Å². The Labute approximate surface area is 179 Å². The highest BCUT2D eigenvalue weighted by atomic mass is 16.1. The molecule has 4 nitrogen and oxygen atoms in total. The zero-order chi connectivity index (χ0) is 21.5. The molecule has 0 atom stereocenters. The van der Waals surface area contributed by atoms with Gasteiger partial charge in [0.05, 0.1) is 6.42 Å². The molecule has 30 heavy (non-hydrogen) atoms. The Kier molecular flexibility index (Phi) is 7.36. The van der Waals surface area contributed by atoms with Crippen LogP contribution in [0, 0.1) is 12.8 Å². The van der Waals surface area contributed by atoms with Crippen LogP contribution in [0.2, 0.25) is 0 Å². The van der Waals surface area contributed by atoms with Gasteiger partial charge in [0.2, 0.25) is 5.91 Å². The molecule has 0 radical (unpaired) electrons. The summed E-state index contributed by atoms with van der Waals surface area (Å²) >= 11 is 0. The molecule has 3 aromatic rings. The highest BCUT2D eigenvalue weighted by Gasteiger charge is 2.16. The van der Waals surface area contributed by atoms with Crippen molar-refractivity contribution in [2.24, 2.45) is 11.7 Å². The molecule has 0 aliphatic rings. The Balaban J connectivity index is 1.88. The summed E-state index contributed by atoms with van der Waals surface area (Å²) in [6, 6.07) is 20.4. The first-order chi connectivity index (χ1) is 14.5. The first-order valence-electron chi connectivity index (χ1n) is 10.6. The lowest BCUT2D eigenvalue weighted by Gasteiger charge is -2.16. The Morgan fingerprint density at radius 1 is 1.03 bits per heavy atom. The Bertz CT molecular complexity index is 979. The number of hydrogen-bond acceptors (Lipinski definition) is 3. The zero-order valence-corrected chi connectivity index (χ0v) is 18.1. The van der Waals surface area contributed by atoms with Gasteiger partial charge in [-0.15, -0.1) is 0 Å². The van der Waals surface area contributed by atoms with E-state index in [-0.39, 0.29) is 5.91 Å². The molecule has 0 bridgehead atoms. The van der Waals surface area contributed by atoms with Crippen LogP contribution < -0.4 is 11.1 Å². The number of aryl methyl sites for hydroxylation is 1. The van der Waals surface area contributed by atoms with E-state index in [2.05, 4.69) is 37.4 Å². The summed E-state index contributed by atoms with van der Waals surface area (Å²) in [5.41, 5.74) is 13.1. The monoisotopic (exact) mass is 401 g/mol. The normalized spacial score (nSPS) is 11.0. The lowest BCUT2D eigenvalue weighted by Crippen LogP contribution is -2.25. The van der Waals surface area contributed by atoms with Crippen molar-refractivity contribution in [3.63, 3.8) is 0 Å². The molecular formula is C26H31N3O. The number of carbonyl (C=O) groups excluding carboxylic acids is 1. The van der Waals surface area contributed by atoms with E-state index in [1.165, 1.54) is 0 Å². The first-order valence-corrected chi connectivity index (χ1v) is 10.6. The highest BCUT2D eigenvalue weighted by molar-refractivity contribution is 5.82. The van der Waals surface area contributed by atoms with Crippen molar-refractivity contribution in [3.8, 4) is 11.1 Å². The Morgan fingerprint density at radius 3 is 2.37 bits per heavy atom. The number of aromatic nitrogens is 1. The van der Waals surface area contributed by atoms with Crippen molar-refractivity contribution >= 4 is 5.91 Å². The summed E-state index contributed by atoms with van der Waals surface area (Å²) in [5, 5.41) is 3.04. The minimum Gasteiger partial charge on any atom is -0.352 e. The molecule has 156 valence electrons. The largest absolute Gasteiger partial charge is 0.352 e. The molecular weight excluding hydrogens is 370 g/mol. The fourth-order valence-corrected chi connectivity index (χ4v) is 3.61. The molecule has 4 heteroatoms. The number of rotatable bonds is 8. The number of nitrogens with one attached hydrogen (secondary N) is 1. The van der Waals surface area contributed by atoms with Crippen molar-refractivity contribution in [2.75, 3.05) is 0 Å². The van der Waals surface area contributed by atoms with Crippen molar-refractivity contribution < 1.29 is 4.79 Å². The molecule has 0 aliphatic carbocycles. The maximum absolute atomic E-state index is 12.7. The topological polar surface area (TPSA) is 68.0 Å². The van der Waals surface area contributed by atoms with Gasteiger partial charge in [-0.1, -0.05) is 68.4 Å². The van der Waals surface area contributed by atoms with Crippen molar-refractivity contribution in [1.29, 1.82) is 0 Å². The van der Waals surface area contributed by atoms with E-state index < -0.39 is 0 Å². The van der Waals surface area contributed by atoms with Crippen LogP contribution in [-0.4, -0.2) is 10.9 Å². The smallest absolute Gasteiger partial charge is 0.224 e. The molecule has 2 aromatic carbocycles. The molecule has 3 rings (SSSR count). The summed E-state index contributed by atoms with van der Waals surface area (Å²) in [6.45, 7) is 7.43. The molecule has 0 fully saturated rings. The zero-order valence-electron chi connectivity index (χ0n) is 18.1. The molecule has 0 saturated heterocycles. The molecule has 1 amide bonds. The molecule has 3 N–H and O–H groups in total. The van der Waals surface area contributed by atoms with Gasteiger partial charge in [0, 0.05) is 24.5 Å². The Morgan fingerprint density at radius 2 is 1.73 bits per heavy atom. The van der Waals surface area contributed by atoms with Crippen LogP contribution in [0.4, 0.5) is 0 Å². The Hall–Kier alpha value is -2.98. The van der Waals surface area contributed by atoms with Crippen molar-refractivity contribution in [3.05, 3.63) is 88.7 Å². The van der Waals surface area contributed by atoms with Crippen LogP contribution in [0.5, 0.6) is 0 Å². The quantitative estimate of drug-likeness (QED) is 0.581. The number of carbonyl (C=O) groups is 1. The maximum Gasteiger partial charge on any atom is 0.224 e. The molecule has 0 saturated carbocycles. The van der Waals surface area contributed by atoms with Gasteiger partial charge >= 0.3 is 0 Å². The van der Waals surface area contributed by atoms with Gasteiger partial charge in [-0.05, 0) is 53.1 Å². The third-order valence-electron chi connectivity index (χ3n) is 5.17. The summed E-state index contributed by atoms with van der Waals surface area (Å²) in [4.78, 5) is 17.5. The van der Waals surface area contributed by atoms with E-state index in [0.717, 1.165) is 45.6 Å². The van der Waals surface area contributed by atoms with Gasteiger partial charge in [0.1, 0.15) is 0 Å². The van der Waals surface area contributed by atoms with Crippen LogP contribution in [0.3, 0.4) is 0 Å². The predicted molar refractivity (Wildman–Crippen MR) is 123 cm³/mol. The molecule has 1 aromatic heterocycles. The van der Waals surface area contributed by atoms with Gasteiger partial charge in [-0.3, -0.25) is 9.78 Å². The molecule has 0 spiro atoms. The molecule has 1 heterocycles. The fourth-order valence-electron chi connectivity index (χ4n) is 3.61. The van der Waals surface area contributed by atoms with Gasteiger partial charge in [0.25, 0.3) is 0 Å². The standard InChI is InChI=1S/C26H31N3O/c1-18(2)13-23-14-25(22-11-9-20(16-27)10-12-22)24(19(3)29-23)15-26(30)28-17-21-7-5-4-6-8-21/h4-12,14,18H,13,15-17,27H2,1-3H3,(H,28,30). The van der Waals surface area contributed by atoms with Crippen molar-refractivity contribution in [1.82, 2.24) is 10.3 Å². The minimum absolute atomic E-state index is 0.000177. The second-order valence-electron chi connectivity index (χ2n) is 8.16. The number of nitrogens with two attached hydrogens (primary N) is 1.